The molecule has 4 rings (SSSR count). The maximum Gasteiger partial charge on any atom is 0.190 e. The van der Waals surface area contributed by atoms with Gasteiger partial charge in [0, 0.05) is 38.6 Å². The van der Waals surface area contributed by atoms with Crippen LogP contribution in [0.4, 0.5) is 11.5 Å². The normalized spacial score (nSPS) is 18.2. The summed E-state index contributed by atoms with van der Waals surface area (Å²) in [6.07, 6.45) is 1.83. The molecule has 1 atom stereocenters. The van der Waals surface area contributed by atoms with Crippen LogP contribution in [0.1, 0.15) is 34.0 Å². The molecule has 3 aromatic rings. The number of benzene rings is 1. The van der Waals surface area contributed by atoms with Crippen molar-refractivity contribution >= 4 is 22.4 Å². The maximum absolute atomic E-state index is 7.41. The average Bonchev–Trinajstić information content (AvgIpc) is 2.81. The molecule has 1 aliphatic rings. The van der Waals surface area contributed by atoms with Crippen LogP contribution in [0.2, 0.25) is 0 Å². The Morgan fingerprint density at radius 3 is 2.75 bits per heavy atom. The molecule has 0 saturated carbocycles. The molecule has 166 valence electrons. The van der Waals surface area contributed by atoms with E-state index in [1.807, 2.05) is 62.8 Å². The molecule has 8 nitrogen and oxygen atoms in total. The maximum atomic E-state index is 7.41. The average molecular weight is 435 g/mol. The zero-order valence-electron chi connectivity index (χ0n) is 21.8. The Morgan fingerprint density at radius 1 is 1.25 bits per heavy atom. The number of fused-ring (bicyclic) bond motifs is 1. The molecule has 0 bridgehead atoms. The van der Waals surface area contributed by atoms with E-state index >= 15 is 0 Å². The number of anilines is 1. The lowest BCUT2D eigenvalue weighted by molar-refractivity contribution is -0.133. The van der Waals surface area contributed by atoms with Gasteiger partial charge in [0.2, 0.25) is 0 Å². The molecule has 1 aliphatic heterocycles. The monoisotopic (exact) mass is 434 g/mol. The number of hydrogen-bond acceptors (Lipinski definition) is 6. The van der Waals surface area contributed by atoms with E-state index in [2.05, 4.69) is 14.7 Å². The van der Waals surface area contributed by atoms with E-state index in [1.165, 1.54) is 5.06 Å². The highest BCUT2D eigenvalue weighted by atomic mass is 16.7. The van der Waals surface area contributed by atoms with Crippen LogP contribution in [0, 0.1) is 20.4 Å². The predicted octanol–water partition coefficient (Wildman–Crippen LogP) is 3.48. The van der Waals surface area contributed by atoms with Gasteiger partial charge in [0.05, 0.1) is 35.5 Å². The summed E-state index contributed by atoms with van der Waals surface area (Å²) in [6, 6.07) is 7.53. The van der Waals surface area contributed by atoms with Gasteiger partial charge in [0.25, 0.3) is 0 Å². The third-order valence-corrected chi connectivity index (χ3v) is 6.15. The second kappa shape index (κ2) is 9.07. The lowest BCUT2D eigenvalue weighted by Crippen LogP contribution is -2.46. The second-order valence-corrected chi connectivity index (χ2v) is 8.02. The van der Waals surface area contributed by atoms with Gasteiger partial charge < -0.3 is 14.3 Å². The molecule has 8 heteroatoms. The van der Waals surface area contributed by atoms with E-state index in [-0.39, 0.29) is 6.04 Å². The first-order chi connectivity index (χ1) is 16.6. The number of rotatable bonds is 4. The Bertz CT molecular complexity index is 1350. The summed E-state index contributed by atoms with van der Waals surface area (Å²) in [5, 5.41) is 2.37. The van der Waals surface area contributed by atoms with Crippen LogP contribution < -0.4 is 10.4 Å². The fourth-order valence-corrected chi connectivity index (χ4v) is 4.09. The summed E-state index contributed by atoms with van der Waals surface area (Å²) in [6.45, 7) is 15.4. The van der Waals surface area contributed by atoms with Crippen LogP contribution in [0.3, 0.4) is 0 Å². The minimum atomic E-state index is -2.44. The number of hydroxylamine groups is 2. The van der Waals surface area contributed by atoms with Crippen LogP contribution in [0.25, 0.3) is 15.7 Å². The summed E-state index contributed by atoms with van der Waals surface area (Å²) >= 11 is 0. The first kappa shape index (κ1) is 18.3. The number of nitrogens with zero attached hydrogens (tertiary/aromatic N) is 7. The van der Waals surface area contributed by atoms with Crippen molar-refractivity contribution < 1.29 is 8.95 Å². The van der Waals surface area contributed by atoms with Gasteiger partial charge in [0.15, 0.2) is 11.2 Å². The van der Waals surface area contributed by atoms with E-state index in [9.17, 15) is 0 Å². The van der Waals surface area contributed by atoms with E-state index in [0.717, 1.165) is 33.7 Å². The molecule has 0 unspecified atom stereocenters. The van der Waals surface area contributed by atoms with Gasteiger partial charge in [-0.15, -0.1) is 0 Å². The molecule has 1 aromatic carbocycles. The highest BCUT2D eigenvalue weighted by Crippen LogP contribution is 2.28. The van der Waals surface area contributed by atoms with Gasteiger partial charge in [-0.25, -0.2) is 14.8 Å². The molecule has 0 N–H and O–H groups in total. The van der Waals surface area contributed by atoms with Crippen LogP contribution in [-0.4, -0.2) is 52.8 Å². The Morgan fingerprint density at radius 2 is 2.03 bits per heavy atom. The van der Waals surface area contributed by atoms with Crippen molar-refractivity contribution in [2.75, 3.05) is 38.1 Å². The molecular formula is C24H29N7O. The zero-order valence-corrected chi connectivity index (χ0v) is 18.8. The first-order valence-corrected chi connectivity index (χ1v) is 10.6. The Labute approximate surface area is 192 Å². The van der Waals surface area contributed by atoms with Gasteiger partial charge in [0.1, 0.15) is 11.6 Å². The molecule has 1 fully saturated rings. The highest BCUT2D eigenvalue weighted by Gasteiger charge is 2.19. The molecule has 0 radical (unpaired) electrons. The van der Waals surface area contributed by atoms with Crippen LogP contribution >= 0.6 is 0 Å². The Balaban J connectivity index is 1.71. The fourth-order valence-electron chi connectivity index (χ4n) is 4.09. The van der Waals surface area contributed by atoms with E-state index in [0.29, 0.717) is 37.4 Å². The van der Waals surface area contributed by atoms with Gasteiger partial charge in [-0.2, -0.15) is 5.06 Å². The smallest absolute Gasteiger partial charge is 0.190 e. The number of aromatic nitrogens is 3. The van der Waals surface area contributed by atoms with Gasteiger partial charge in [-0.1, -0.05) is 18.2 Å². The minimum absolute atomic E-state index is 0.184. The van der Waals surface area contributed by atoms with Crippen molar-refractivity contribution in [1.29, 1.82) is 0 Å². The van der Waals surface area contributed by atoms with Crippen molar-refractivity contribution in [3.63, 3.8) is 0 Å². The summed E-state index contributed by atoms with van der Waals surface area (Å²) in [7, 11) is -0.491. The quantitative estimate of drug-likeness (QED) is 0.589. The molecule has 1 saturated heterocycles. The van der Waals surface area contributed by atoms with Crippen LogP contribution in [0.15, 0.2) is 35.5 Å². The molecule has 3 heterocycles. The summed E-state index contributed by atoms with van der Waals surface area (Å²) in [5.41, 5.74) is 4.11. The SMILES string of the molecule is [2H]C([2H])([2H])ON1CCN(c2cc3c(=N[C@H](C)c4cccc([N+]#[C-])c4C)nc(C)n(C)c3cn2)CC1. The van der Waals surface area contributed by atoms with Crippen molar-refractivity contribution in [2.24, 2.45) is 12.0 Å². The lowest BCUT2D eigenvalue weighted by Gasteiger charge is -2.33. The Hall–Kier alpha value is -3.28. The van der Waals surface area contributed by atoms with Crippen LogP contribution in [0.5, 0.6) is 0 Å². The molecule has 32 heavy (non-hydrogen) atoms. The number of pyridine rings is 1. The highest BCUT2D eigenvalue weighted by molar-refractivity contribution is 5.80. The minimum Gasteiger partial charge on any atom is -0.354 e. The molecule has 0 amide bonds. The van der Waals surface area contributed by atoms with Gasteiger partial charge >= 0.3 is 0 Å². The van der Waals surface area contributed by atoms with E-state index < -0.39 is 7.04 Å². The summed E-state index contributed by atoms with van der Waals surface area (Å²) in [5.74, 6) is 1.60. The number of aryl methyl sites for hydroxylation is 2. The van der Waals surface area contributed by atoms with E-state index in [4.69, 9.17) is 25.5 Å². The van der Waals surface area contributed by atoms with Gasteiger partial charge in [-0.05, 0) is 38.0 Å². The lowest BCUT2D eigenvalue weighted by atomic mass is 10.0. The van der Waals surface area contributed by atoms with Crippen molar-refractivity contribution in [3.8, 4) is 0 Å². The van der Waals surface area contributed by atoms with E-state index in [1.54, 1.807) is 0 Å². The largest absolute Gasteiger partial charge is 0.354 e. The predicted molar refractivity (Wildman–Crippen MR) is 125 cm³/mol. The summed E-state index contributed by atoms with van der Waals surface area (Å²) in [4.78, 5) is 25.2. The first-order valence-electron chi connectivity index (χ1n) is 12.1. The number of hydrogen-bond donors (Lipinski definition) is 0. The standard InChI is InChI=1S/C24H29N7O/c1-16-19(8-7-9-21(16)25-4)17(2)27-24-20-14-23(30-10-12-31(32-6)13-11-30)26-15-22(20)29(5)18(3)28-24/h7-9,14-15,17H,10-13H2,1-3,5-6H3/t17-/m1/s1/i6D3. The van der Waals surface area contributed by atoms with Gasteiger partial charge in [-0.3, -0.25) is 4.99 Å². The fraction of sp³-hybridized carbons (Fsp3) is 0.417. The molecular weight excluding hydrogens is 402 g/mol. The second-order valence-electron chi connectivity index (χ2n) is 8.02. The summed E-state index contributed by atoms with van der Waals surface area (Å²) < 4.78 is 23.9. The number of piperazine rings is 1. The van der Waals surface area contributed by atoms with Crippen molar-refractivity contribution in [2.45, 2.75) is 26.8 Å². The van der Waals surface area contributed by atoms with Crippen molar-refractivity contribution in [3.05, 3.63) is 64.3 Å². The zero-order chi connectivity index (χ0) is 25.3. The molecule has 0 spiro atoms. The third-order valence-electron chi connectivity index (χ3n) is 6.15. The molecule has 2 aromatic heterocycles. The van der Waals surface area contributed by atoms with Crippen molar-refractivity contribution in [1.82, 2.24) is 19.6 Å². The Kier molecular flexibility index (Phi) is 5.19. The van der Waals surface area contributed by atoms with Crippen LogP contribution in [-0.2, 0) is 11.9 Å². The topological polar surface area (TPSA) is 63.1 Å². The third kappa shape index (κ3) is 4.09. The molecule has 0 aliphatic carbocycles.